The van der Waals surface area contributed by atoms with Gasteiger partial charge in [0.25, 0.3) is 10.0 Å². The fraction of sp³-hybridized carbons (Fsp3) is 0.143. The van der Waals surface area contributed by atoms with Crippen molar-refractivity contribution in [3.05, 3.63) is 83.9 Å². The average molecular weight is 364 g/mol. The summed E-state index contributed by atoms with van der Waals surface area (Å²) in [4.78, 5) is 0.280. The lowest BCUT2D eigenvalue weighted by Crippen LogP contribution is -2.23. The number of sulfonamides is 1. The summed E-state index contributed by atoms with van der Waals surface area (Å²) in [7, 11) is -3.69. The first-order valence-corrected chi connectivity index (χ1v) is 10.1. The summed E-state index contributed by atoms with van der Waals surface area (Å²) in [5, 5.41) is 3.32. The van der Waals surface area contributed by atoms with Gasteiger partial charge in [-0.25, -0.2) is 8.42 Å². The zero-order valence-corrected chi connectivity index (χ0v) is 15.1. The van der Waals surface area contributed by atoms with E-state index in [-0.39, 0.29) is 4.90 Å². The minimum Gasteiger partial charge on any atom is -0.312 e. The summed E-state index contributed by atoms with van der Waals surface area (Å²) >= 11 is 0. The Hall–Kier alpha value is -2.63. The highest BCUT2D eigenvalue weighted by atomic mass is 32.2. The number of hydrogen-bond acceptors (Lipinski definition) is 3. The fourth-order valence-electron chi connectivity index (χ4n) is 3.31. The van der Waals surface area contributed by atoms with Crippen LogP contribution < -0.4 is 10.0 Å². The van der Waals surface area contributed by atoms with Gasteiger partial charge in [0.1, 0.15) is 0 Å². The Labute approximate surface area is 153 Å². The summed E-state index contributed by atoms with van der Waals surface area (Å²) < 4.78 is 28.8. The van der Waals surface area contributed by atoms with E-state index in [2.05, 4.69) is 10.0 Å². The molecule has 0 fully saturated rings. The zero-order chi connectivity index (χ0) is 18.0. The highest BCUT2D eigenvalue weighted by molar-refractivity contribution is 7.92. The van der Waals surface area contributed by atoms with E-state index in [0.29, 0.717) is 11.3 Å². The molecule has 0 radical (unpaired) electrons. The Bertz CT molecular complexity index is 1030. The maximum atomic E-state index is 13.0. The molecule has 1 aliphatic rings. The summed E-state index contributed by atoms with van der Waals surface area (Å²) in [5.41, 5.74) is 4.59. The van der Waals surface area contributed by atoms with Gasteiger partial charge >= 0.3 is 0 Å². The summed E-state index contributed by atoms with van der Waals surface area (Å²) in [6, 6.07) is 22.4. The molecule has 1 aliphatic heterocycles. The average Bonchev–Trinajstić information content (AvgIpc) is 2.68. The van der Waals surface area contributed by atoms with E-state index in [4.69, 9.17) is 0 Å². The maximum Gasteiger partial charge on any atom is 0.262 e. The third kappa shape index (κ3) is 3.36. The van der Waals surface area contributed by atoms with Crippen molar-refractivity contribution in [3.8, 4) is 11.1 Å². The number of benzene rings is 3. The van der Waals surface area contributed by atoms with Gasteiger partial charge in [-0.05, 0) is 47.9 Å². The van der Waals surface area contributed by atoms with Crippen molar-refractivity contribution >= 4 is 15.7 Å². The molecule has 0 aliphatic carbocycles. The molecule has 132 valence electrons. The molecular formula is C21H20N2O2S. The molecule has 4 rings (SSSR count). The van der Waals surface area contributed by atoms with Crippen LogP contribution in [0.15, 0.2) is 77.7 Å². The van der Waals surface area contributed by atoms with Crippen molar-refractivity contribution in [2.75, 3.05) is 11.3 Å². The van der Waals surface area contributed by atoms with E-state index in [1.807, 2.05) is 60.7 Å². The first kappa shape index (κ1) is 16.8. The van der Waals surface area contributed by atoms with Crippen molar-refractivity contribution in [1.82, 2.24) is 5.32 Å². The molecule has 1 heterocycles. The first-order valence-electron chi connectivity index (χ1n) is 8.63. The fourth-order valence-corrected chi connectivity index (χ4v) is 4.59. The molecule has 0 aromatic heterocycles. The van der Waals surface area contributed by atoms with Gasteiger partial charge in [0.15, 0.2) is 0 Å². The van der Waals surface area contributed by atoms with Crippen molar-refractivity contribution in [2.24, 2.45) is 0 Å². The van der Waals surface area contributed by atoms with Gasteiger partial charge in [-0.2, -0.15) is 0 Å². The highest BCUT2D eigenvalue weighted by Crippen LogP contribution is 2.29. The monoisotopic (exact) mass is 364 g/mol. The van der Waals surface area contributed by atoms with Gasteiger partial charge < -0.3 is 5.32 Å². The SMILES string of the molecule is O=S(=O)(Nc1ccc2c(c1)CNCC2)c1ccccc1-c1ccccc1. The molecule has 0 saturated heterocycles. The van der Waals surface area contributed by atoms with Crippen LogP contribution in [0.3, 0.4) is 0 Å². The summed E-state index contributed by atoms with van der Waals surface area (Å²) in [6.07, 6.45) is 0.971. The lowest BCUT2D eigenvalue weighted by molar-refractivity contribution is 0.601. The molecular weight excluding hydrogens is 344 g/mol. The number of rotatable bonds is 4. The molecule has 26 heavy (non-hydrogen) atoms. The van der Waals surface area contributed by atoms with Crippen LogP contribution in [0.25, 0.3) is 11.1 Å². The Morgan fingerprint density at radius 2 is 1.62 bits per heavy atom. The second-order valence-corrected chi connectivity index (χ2v) is 8.03. The smallest absolute Gasteiger partial charge is 0.262 e. The molecule has 5 heteroatoms. The molecule has 0 bridgehead atoms. The summed E-state index contributed by atoms with van der Waals surface area (Å²) in [5.74, 6) is 0. The molecule has 0 atom stereocenters. The maximum absolute atomic E-state index is 13.0. The molecule has 0 amide bonds. The Morgan fingerprint density at radius 3 is 2.46 bits per heavy atom. The number of nitrogens with one attached hydrogen (secondary N) is 2. The molecule has 2 N–H and O–H groups in total. The van der Waals surface area contributed by atoms with Crippen LogP contribution in [0.5, 0.6) is 0 Å². The molecule has 0 unspecified atom stereocenters. The van der Waals surface area contributed by atoms with Gasteiger partial charge in [0, 0.05) is 17.8 Å². The number of hydrogen-bond donors (Lipinski definition) is 2. The Kier molecular flexibility index (Phi) is 4.49. The lowest BCUT2D eigenvalue weighted by Gasteiger charge is -2.19. The summed E-state index contributed by atoms with van der Waals surface area (Å²) in [6.45, 7) is 1.73. The van der Waals surface area contributed by atoms with Crippen molar-refractivity contribution in [3.63, 3.8) is 0 Å². The third-order valence-corrected chi connectivity index (χ3v) is 6.05. The van der Waals surface area contributed by atoms with Gasteiger partial charge in [0.05, 0.1) is 4.90 Å². The predicted molar refractivity (Wildman–Crippen MR) is 105 cm³/mol. The number of anilines is 1. The third-order valence-electron chi connectivity index (χ3n) is 4.61. The molecule has 0 spiro atoms. The van der Waals surface area contributed by atoms with E-state index in [1.165, 1.54) is 5.56 Å². The quantitative estimate of drug-likeness (QED) is 0.740. The van der Waals surface area contributed by atoms with Crippen LogP contribution in [0, 0.1) is 0 Å². The van der Waals surface area contributed by atoms with Crippen LogP contribution >= 0.6 is 0 Å². The van der Waals surface area contributed by atoms with E-state index in [9.17, 15) is 8.42 Å². The Balaban J connectivity index is 1.70. The van der Waals surface area contributed by atoms with Crippen LogP contribution in [-0.4, -0.2) is 15.0 Å². The van der Waals surface area contributed by atoms with E-state index < -0.39 is 10.0 Å². The van der Waals surface area contributed by atoms with E-state index in [0.717, 1.165) is 30.6 Å². The van der Waals surface area contributed by atoms with Crippen molar-refractivity contribution < 1.29 is 8.42 Å². The highest BCUT2D eigenvalue weighted by Gasteiger charge is 2.20. The van der Waals surface area contributed by atoms with Gasteiger partial charge in [-0.3, -0.25) is 4.72 Å². The second-order valence-electron chi connectivity index (χ2n) is 6.38. The van der Waals surface area contributed by atoms with Gasteiger partial charge in [-0.15, -0.1) is 0 Å². The van der Waals surface area contributed by atoms with E-state index in [1.54, 1.807) is 12.1 Å². The minimum absolute atomic E-state index is 0.280. The van der Waals surface area contributed by atoms with Crippen LogP contribution in [0.2, 0.25) is 0 Å². The largest absolute Gasteiger partial charge is 0.312 e. The zero-order valence-electron chi connectivity index (χ0n) is 14.3. The van der Waals surface area contributed by atoms with Crippen LogP contribution in [0.1, 0.15) is 11.1 Å². The standard InChI is InChI=1S/C21H20N2O2S/c24-26(25,23-19-11-10-16-12-13-22-15-18(16)14-19)21-9-5-4-8-20(21)17-6-2-1-3-7-17/h1-11,14,22-23H,12-13,15H2. The number of fused-ring (bicyclic) bond motifs is 1. The minimum atomic E-state index is -3.69. The van der Waals surface area contributed by atoms with Crippen LogP contribution in [-0.2, 0) is 23.0 Å². The Morgan fingerprint density at radius 1 is 0.846 bits per heavy atom. The lowest BCUT2D eigenvalue weighted by atomic mass is 10.0. The van der Waals surface area contributed by atoms with Crippen molar-refractivity contribution in [1.29, 1.82) is 0 Å². The molecule has 0 saturated carbocycles. The molecule has 4 nitrogen and oxygen atoms in total. The predicted octanol–water partition coefficient (Wildman–Crippen LogP) is 3.80. The first-order chi connectivity index (χ1) is 12.6. The second kappa shape index (κ2) is 6.94. The van der Waals surface area contributed by atoms with E-state index >= 15 is 0 Å². The molecule has 3 aromatic rings. The van der Waals surface area contributed by atoms with Gasteiger partial charge in [-0.1, -0.05) is 54.6 Å². The van der Waals surface area contributed by atoms with Gasteiger partial charge in [0.2, 0.25) is 0 Å². The molecule has 3 aromatic carbocycles. The normalized spacial score (nSPS) is 13.8. The van der Waals surface area contributed by atoms with Crippen molar-refractivity contribution in [2.45, 2.75) is 17.9 Å². The van der Waals surface area contributed by atoms with Crippen LogP contribution in [0.4, 0.5) is 5.69 Å². The topological polar surface area (TPSA) is 58.2 Å².